The average Bonchev–Trinajstić information content (AvgIpc) is 3.27. The molecule has 0 saturated heterocycles. The van der Waals surface area contributed by atoms with Crippen molar-refractivity contribution in [2.24, 2.45) is 0 Å². The Kier molecular flexibility index (Phi) is 9.95. The number of unbranched alkanes of at least 4 members (excludes halogenated alkanes) is 1. The van der Waals surface area contributed by atoms with Gasteiger partial charge in [0.05, 0.1) is 6.33 Å². The number of H-pyrrole nitrogens is 1. The Balaban J connectivity index is 1.64. The lowest BCUT2D eigenvalue weighted by molar-refractivity contribution is -0.155. The van der Waals surface area contributed by atoms with Crippen LogP contribution in [0.1, 0.15) is 45.6 Å². The number of ether oxygens (including phenoxy) is 2. The molecule has 0 bridgehead atoms. The number of aromatic amines is 1. The standard InChI is InChI=1S/C26H32N6O8/c1-26(2,3)40-20(36)11-7-8-12-31(14-19(34)35)18(33)13-32-16-27-21-22(32)28-24(29-23(21)37)30-25(38)39-15-17-9-5-4-6-10-17/h4-6,9-10,16H,7-8,11-15H2,1-3H3,(H,34,35)(H2,28,29,30,37,38). The van der Waals surface area contributed by atoms with Gasteiger partial charge in [-0.15, -0.1) is 0 Å². The molecule has 2 heterocycles. The van der Waals surface area contributed by atoms with E-state index in [0.717, 1.165) is 10.5 Å². The number of hydrogen-bond donors (Lipinski definition) is 3. The van der Waals surface area contributed by atoms with Gasteiger partial charge in [-0.3, -0.25) is 29.5 Å². The van der Waals surface area contributed by atoms with E-state index in [0.29, 0.717) is 12.8 Å². The summed E-state index contributed by atoms with van der Waals surface area (Å²) in [6.07, 6.45) is 1.28. The van der Waals surface area contributed by atoms with Crippen LogP contribution in [-0.2, 0) is 37.0 Å². The zero-order chi connectivity index (χ0) is 29.3. The number of amides is 2. The molecule has 2 amide bonds. The van der Waals surface area contributed by atoms with Gasteiger partial charge >= 0.3 is 18.0 Å². The van der Waals surface area contributed by atoms with E-state index >= 15 is 0 Å². The lowest BCUT2D eigenvalue weighted by atomic mass is 10.2. The molecule has 3 N–H and O–H groups in total. The topological polar surface area (TPSA) is 186 Å². The number of aliphatic carboxylic acids is 1. The van der Waals surface area contributed by atoms with Crippen LogP contribution in [-0.4, -0.2) is 72.2 Å². The molecule has 0 aliphatic heterocycles. The lowest BCUT2D eigenvalue weighted by Crippen LogP contribution is -2.38. The van der Waals surface area contributed by atoms with Gasteiger partial charge < -0.3 is 24.0 Å². The zero-order valence-electron chi connectivity index (χ0n) is 22.5. The van der Waals surface area contributed by atoms with E-state index in [-0.39, 0.29) is 49.2 Å². The first-order chi connectivity index (χ1) is 18.9. The van der Waals surface area contributed by atoms with E-state index in [2.05, 4.69) is 20.3 Å². The smallest absolute Gasteiger partial charge is 0.414 e. The summed E-state index contributed by atoms with van der Waals surface area (Å²) >= 11 is 0. The maximum Gasteiger partial charge on any atom is 0.414 e. The van der Waals surface area contributed by atoms with Crippen molar-refractivity contribution in [1.82, 2.24) is 24.4 Å². The molecule has 1 aromatic carbocycles. The number of nitrogens with one attached hydrogen (secondary N) is 2. The number of benzene rings is 1. The predicted molar refractivity (Wildman–Crippen MR) is 142 cm³/mol. The molecule has 3 aromatic rings. The number of fused-ring (bicyclic) bond motifs is 1. The quantitative estimate of drug-likeness (QED) is 0.221. The number of hydrogen-bond acceptors (Lipinski definition) is 9. The van der Waals surface area contributed by atoms with Crippen LogP contribution < -0.4 is 10.9 Å². The number of aromatic nitrogens is 4. The Bertz CT molecular complexity index is 1410. The van der Waals surface area contributed by atoms with Crippen molar-refractivity contribution < 1.29 is 33.8 Å². The van der Waals surface area contributed by atoms with E-state index < -0.39 is 35.7 Å². The van der Waals surface area contributed by atoms with Crippen LogP contribution in [0.5, 0.6) is 0 Å². The molecular formula is C26H32N6O8. The molecule has 0 spiro atoms. The molecule has 214 valence electrons. The van der Waals surface area contributed by atoms with Crippen LogP contribution in [0.4, 0.5) is 10.7 Å². The lowest BCUT2D eigenvalue weighted by Gasteiger charge is -2.22. The van der Waals surface area contributed by atoms with Gasteiger partial charge in [0.15, 0.2) is 11.2 Å². The number of rotatable bonds is 12. The van der Waals surface area contributed by atoms with Gasteiger partial charge in [0.1, 0.15) is 25.3 Å². The number of esters is 1. The van der Waals surface area contributed by atoms with Crippen LogP contribution in [0.3, 0.4) is 0 Å². The summed E-state index contributed by atoms with van der Waals surface area (Å²) in [5, 5.41) is 11.6. The third kappa shape index (κ3) is 9.22. The molecule has 14 nitrogen and oxygen atoms in total. The summed E-state index contributed by atoms with van der Waals surface area (Å²) in [5.74, 6) is -2.35. The number of carboxylic acid groups (broad SMARTS) is 1. The van der Waals surface area contributed by atoms with Crippen molar-refractivity contribution in [3.63, 3.8) is 0 Å². The molecule has 0 unspecified atom stereocenters. The van der Waals surface area contributed by atoms with E-state index in [9.17, 15) is 29.1 Å². The zero-order valence-corrected chi connectivity index (χ0v) is 22.5. The first kappa shape index (κ1) is 29.8. The Morgan fingerprint density at radius 1 is 1.12 bits per heavy atom. The number of carboxylic acids is 1. The van der Waals surface area contributed by atoms with Gasteiger partial charge in [-0.25, -0.2) is 9.78 Å². The first-order valence-corrected chi connectivity index (χ1v) is 12.6. The highest BCUT2D eigenvalue weighted by Gasteiger charge is 2.21. The van der Waals surface area contributed by atoms with Crippen LogP contribution in [0.25, 0.3) is 11.2 Å². The number of anilines is 1. The second-order valence-corrected chi connectivity index (χ2v) is 9.90. The van der Waals surface area contributed by atoms with Gasteiger partial charge in [-0.05, 0) is 39.2 Å². The largest absolute Gasteiger partial charge is 0.480 e. The van der Waals surface area contributed by atoms with Gasteiger partial charge in [-0.2, -0.15) is 4.98 Å². The molecule has 0 atom stereocenters. The van der Waals surface area contributed by atoms with E-state index in [1.54, 1.807) is 45.0 Å². The molecule has 3 rings (SSSR count). The summed E-state index contributed by atoms with van der Waals surface area (Å²) < 4.78 is 11.7. The van der Waals surface area contributed by atoms with Crippen molar-refractivity contribution in [2.75, 3.05) is 18.4 Å². The average molecular weight is 557 g/mol. The summed E-state index contributed by atoms with van der Waals surface area (Å²) in [6.45, 7) is 4.47. The Morgan fingerprint density at radius 2 is 1.85 bits per heavy atom. The van der Waals surface area contributed by atoms with Crippen molar-refractivity contribution in [2.45, 2.75) is 58.8 Å². The van der Waals surface area contributed by atoms with Crippen molar-refractivity contribution in [1.29, 1.82) is 0 Å². The molecule has 0 saturated carbocycles. The summed E-state index contributed by atoms with van der Waals surface area (Å²) in [7, 11) is 0. The van der Waals surface area contributed by atoms with E-state index in [1.807, 2.05) is 6.07 Å². The maximum absolute atomic E-state index is 13.0. The van der Waals surface area contributed by atoms with Crippen LogP contribution >= 0.6 is 0 Å². The highest BCUT2D eigenvalue weighted by Crippen LogP contribution is 2.12. The number of carbonyl (C=O) groups excluding carboxylic acids is 3. The normalized spacial score (nSPS) is 11.2. The summed E-state index contributed by atoms with van der Waals surface area (Å²) in [4.78, 5) is 72.6. The van der Waals surface area contributed by atoms with Crippen LogP contribution in [0.15, 0.2) is 41.5 Å². The minimum Gasteiger partial charge on any atom is -0.480 e. The Labute approximate surface area is 229 Å². The second kappa shape index (κ2) is 13.4. The SMILES string of the molecule is CC(C)(C)OC(=O)CCCCN(CC(=O)O)C(=O)Cn1cnc2c(=O)[nH]c(NC(=O)OCc3ccccc3)nc21. The highest BCUT2D eigenvalue weighted by atomic mass is 16.6. The molecular weight excluding hydrogens is 524 g/mol. The predicted octanol–water partition coefficient (Wildman–Crippen LogP) is 2.29. The van der Waals surface area contributed by atoms with Gasteiger partial charge in [0.25, 0.3) is 5.56 Å². The molecule has 2 aromatic heterocycles. The van der Waals surface area contributed by atoms with E-state index in [1.165, 1.54) is 10.9 Å². The molecule has 0 aliphatic rings. The van der Waals surface area contributed by atoms with Gasteiger partial charge in [0.2, 0.25) is 11.9 Å². The third-order valence-corrected chi connectivity index (χ3v) is 5.37. The fourth-order valence-electron chi connectivity index (χ4n) is 3.65. The number of nitrogens with zero attached hydrogens (tertiary/aromatic N) is 4. The first-order valence-electron chi connectivity index (χ1n) is 12.6. The second-order valence-electron chi connectivity index (χ2n) is 9.90. The summed E-state index contributed by atoms with van der Waals surface area (Å²) in [5.41, 5.74) is -0.557. The van der Waals surface area contributed by atoms with Crippen LogP contribution in [0, 0.1) is 0 Å². The minimum atomic E-state index is -1.20. The van der Waals surface area contributed by atoms with Crippen LogP contribution in [0.2, 0.25) is 0 Å². The number of carbonyl (C=O) groups is 4. The van der Waals surface area contributed by atoms with E-state index in [4.69, 9.17) is 9.47 Å². The van der Waals surface area contributed by atoms with Gasteiger partial charge in [-0.1, -0.05) is 30.3 Å². The minimum absolute atomic E-state index is 0.00275. The third-order valence-electron chi connectivity index (χ3n) is 5.37. The number of imidazole rings is 1. The monoisotopic (exact) mass is 556 g/mol. The van der Waals surface area contributed by atoms with Crippen molar-refractivity contribution in [3.05, 3.63) is 52.6 Å². The Hall–Kier alpha value is -4.75. The van der Waals surface area contributed by atoms with Crippen molar-refractivity contribution >= 4 is 41.1 Å². The Morgan fingerprint density at radius 3 is 2.52 bits per heavy atom. The fourth-order valence-corrected chi connectivity index (χ4v) is 3.65. The summed E-state index contributed by atoms with van der Waals surface area (Å²) in [6, 6.07) is 8.99. The molecule has 14 heteroatoms. The van der Waals surface area contributed by atoms with Gasteiger partial charge in [0, 0.05) is 13.0 Å². The molecule has 0 radical (unpaired) electrons. The fraction of sp³-hybridized carbons (Fsp3) is 0.423. The van der Waals surface area contributed by atoms with Crippen molar-refractivity contribution in [3.8, 4) is 0 Å². The maximum atomic E-state index is 13.0. The molecule has 0 fully saturated rings. The molecule has 0 aliphatic carbocycles. The highest BCUT2D eigenvalue weighted by molar-refractivity contribution is 5.85. The molecule has 40 heavy (non-hydrogen) atoms.